The van der Waals surface area contributed by atoms with E-state index in [1.165, 1.54) is 5.56 Å². The topological polar surface area (TPSA) is 21.3 Å². The number of hydrogen-bond acceptors (Lipinski definition) is 2. The van der Waals surface area contributed by atoms with Crippen LogP contribution in [0.1, 0.15) is 18.0 Å². The van der Waals surface area contributed by atoms with Gasteiger partial charge >= 0.3 is 0 Å². The van der Waals surface area contributed by atoms with Crippen molar-refractivity contribution >= 4 is 33.2 Å². The summed E-state index contributed by atoms with van der Waals surface area (Å²) in [6.07, 6.45) is 0.925. The van der Waals surface area contributed by atoms with Crippen LogP contribution in [0.2, 0.25) is 5.02 Å². The zero-order valence-electron chi connectivity index (χ0n) is 10.2. The largest absolute Gasteiger partial charge is 0.493 e. The molecule has 0 saturated carbocycles. The molecule has 0 saturated heterocycles. The third-order valence-corrected chi connectivity index (χ3v) is 4.04. The minimum atomic E-state index is 0.223. The first-order valence-corrected chi connectivity index (χ1v) is 7.34. The van der Waals surface area contributed by atoms with E-state index in [-0.39, 0.29) is 6.04 Å². The van der Waals surface area contributed by atoms with E-state index < -0.39 is 0 Å². The summed E-state index contributed by atoms with van der Waals surface area (Å²) in [5.74, 6) is 0.944. The Morgan fingerprint density at radius 2 is 2.05 bits per heavy atom. The van der Waals surface area contributed by atoms with E-state index >= 15 is 0 Å². The molecule has 2 nitrogen and oxygen atoms in total. The molecular weight excluding hydrogens is 326 g/mol. The number of anilines is 1. The molecule has 98 valence electrons. The van der Waals surface area contributed by atoms with Gasteiger partial charge in [0.05, 0.1) is 23.4 Å². The first-order valence-electron chi connectivity index (χ1n) is 6.17. The number of para-hydroxylation sites is 1. The van der Waals surface area contributed by atoms with E-state index in [1.54, 1.807) is 0 Å². The summed E-state index contributed by atoms with van der Waals surface area (Å²) in [5, 5.41) is 4.24. The average Bonchev–Trinajstić information content (AvgIpc) is 2.42. The van der Waals surface area contributed by atoms with E-state index in [1.807, 2.05) is 36.4 Å². The molecule has 0 aromatic heterocycles. The average molecular weight is 339 g/mol. The van der Waals surface area contributed by atoms with E-state index in [2.05, 4.69) is 27.3 Å². The highest BCUT2D eigenvalue weighted by Gasteiger charge is 2.22. The van der Waals surface area contributed by atoms with Crippen molar-refractivity contribution in [2.75, 3.05) is 11.9 Å². The molecule has 4 heteroatoms. The van der Waals surface area contributed by atoms with Gasteiger partial charge in [0.1, 0.15) is 5.75 Å². The maximum absolute atomic E-state index is 6.20. The van der Waals surface area contributed by atoms with Crippen LogP contribution in [0.5, 0.6) is 5.75 Å². The lowest BCUT2D eigenvalue weighted by Crippen LogP contribution is -2.20. The van der Waals surface area contributed by atoms with Crippen molar-refractivity contribution in [1.82, 2.24) is 0 Å². The number of ether oxygens (including phenoxy) is 1. The normalized spacial score (nSPS) is 17.5. The van der Waals surface area contributed by atoms with Crippen LogP contribution in [0.25, 0.3) is 0 Å². The standard InChI is InChI=1S/C15H13BrClNO/c16-10-5-6-15-11(9-10)13(7-8-19-15)18-14-4-2-1-3-12(14)17/h1-6,9,13,18H,7-8H2. The van der Waals surface area contributed by atoms with Crippen molar-refractivity contribution in [3.8, 4) is 5.75 Å². The van der Waals surface area contributed by atoms with Gasteiger partial charge in [-0.2, -0.15) is 0 Å². The molecule has 0 bridgehead atoms. The zero-order valence-corrected chi connectivity index (χ0v) is 12.5. The monoisotopic (exact) mass is 337 g/mol. The molecule has 0 aliphatic carbocycles. The molecule has 3 rings (SSSR count). The smallest absolute Gasteiger partial charge is 0.124 e. The van der Waals surface area contributed by atoms with Crippen molar-refractivity contribution in [3.05, 3.63) is 57.5 Å². The van der Waals surface area contributed by atoms with Crippen molar-refractivity contribution in [2.24, 2.45) is 0 Å². The van der Waals surface area contributed by atoms with Gasteiger partial charge in [-0.3, -0.25) is 0 Å². The van der Waals surface area contributed by atoms with Gasteiger partial charge in [-0.05, 0) is 30.3 Å². The molecule has 1 heterocycles. The minimum Gasteiger partial charge on any atom is -0.493 e. The maximum atomic E-state index is 6.20. The Balaban J connectivity index is 1.92. The highest BCUT2D eigenvalue weighted by Crippen LogP contribution is 2.37. The number of halogens is 2. The molecule has 1 N–H and O–H groups in total. The van der Waals surface area contributed by atoms with Crippen molar-refractivity contribution in [1.29, 1.82) is 0 Å². The van der Waals surface area contributed by atoms with Gasteiger partial charge in [-0.15, -0.1) is 0 Å². The fourth-order valence-electron chi connectivity index (χ4n) is 2.28. The van der Waals surface area contributed by atoms with E-state index in [0.717, 1.165) is 34.0 Å². The van der Waals surface area contributed by atoms with Gasteiger partial charge in [-0.25, -0.2) is 0 Å². The molecule has 1 aliphatic heterocycles. The lowest BCUT2D eigenvalue weighted by molar-refractivity contribution is 0.274. The third kappa shape index (κ3) is 2.72. The first-order chi connectivity index (χ1) is 9.24. The number of hydrogen-bond donors (Lipinski definition) is 1. The van der Waals surface area contributed by atoms with Gasteiger partial charge in [-0.1, -0.05) is 39.7 Å². The van der Waals surface area contributed by atoms with Gasteiger partial charge in [0.25, 0.3) is 0 Å². The number of rotatable bonds is 2. The molecule has 1 atom stereocenters. The van der Waals surface area contributed by atoms with Crippen LogP contribution in [0.3, 0.4) is 0 Å². The third-order valence-electron chi connectivity index (χ3n) is 3.21. The first kappa shape index (κ1) is 12.8. The summed E-state index contributed by atoms with van der Waals surface area (Å²) in [5.41, 5.74) is 2.13. The Labute approximate surface area is 125 Å². The Morgan fingerprint density at radius 1 is 1.21 bits per heavy atom. The molecule has 19 heavy (non-hydrogen) atoms. The second-order valence-corrected chi connectivity index (χ2v) is 5.82. The van der Waals surface area contributed by atoms with Gasteiger partial charge in [0, 0.05) is 16.5 Å². The number of nitrogens with one attached hydrogen (secondary N) is 1. The highest BCUT2D eigenvalue weighted by atomic mass is 79.9. The fraction of sp³-hybridized carbons (Fsp3) is 0.200. The van der Waals surface area contributed by atoms with Crippen LogP contribution in [0.15, 0.2) is 46.9 Å². The Kier molecular flexibility index (Phi) is 3.67. The highest BCUT2D eigenvalue weighted by molar-refractivity contribution is 9.10. The van der Waals surface area contributed by atoms with Crippen LogP contribution in [0.4, 0.5) is 5.69 Å². The molecule has 0 radical (unpaired) electrons. The van der Waals surface area contributed by atoms with Crippen molar-refractivity contribution < 1.29 is 4.74 Å². The summed E-state index contributed by atoms with van der Waals surface area (Å²) < 4.78 is 6.74. The van der Waals surface area contributed by atoms with Crippen molar-refractivity contribution in [3.63, 3.8) is 0 Å². The SMILES string of the molecule is Clc1ccccc1NC1CCOc2ccc(Br)cc21. The van der Waals surface area contributed by atoms with Gasteiger partial charge in [0.2, 0.25) is 0 Å². The van der Waals surface area contributed by atoms with E-state index in [9.17, 15) is 0 Å². The Hall–Kier alpha value is -1.19. The molecule has 0 spiro atoms. The summed E-state index contributed by atoms with van der Waals surface area (Å²) >= 11 is 9.71. The summed E-state index contributed by atoms with van der Waals surface area (Å²) in [6, 6.07) is 14.1. The van der Waals surface area contributed by atoms with Gasteiger partial charge < -0.3 is 10.1 Å². The number of benzene rings is 2. The number of fused-ring (bicyclic) bond motifs is 1. The second-order valence-electron chi connectivity index (χ2n) is 4.50. The van der Waals surface area contributed by atoms with Crippen LogP contribution < -0.4 is 10.1 Å². The molecule has 0 amide bonds. The second kappa shape index (κ2) is 5.43. The molecular formula is C15H13BrClNO. The van der Waals surface area contributed by atoms with Crippen LogP contribution >= 0.6 is 27.5 Å². The van der Waals surface area contributed by atoms with Crippen LogP contribution in [0, 0.1) is 0 Å². The van der Waals surface area contributed by atoms with E-state index in [4.69, 9.17) is 16.3 Å². The zero-order chi connectivity index (χ0) is 13.2. The van der Waals surface area contributed by atoms with Gasteiger partial charge in [0.15, 0.2) is 0 Å². The summed E-state index contributed by atoms with van der Waals surface area (Å²) in [4.78, 5) is 0. The molecule has 2 aromatic carbocycles. The minimum absolute atomic E-state index is 0.223. The lowest BCUT2D eigenvalue weighted by Gasteiger charge is -2.28. The Bertz CT molecular complexity index is 602. The maximum Gasteiger partial charge on any atom is 0.124 e. The molecule has 0 fully saturated rings. The molecule has 2 aromatic rings. The fourth-order valence-corrected chi connectivity index (χ4v) is 2.85. The quantitative estimate of drug-likeness (QED) is 0.828. The van der Waals surface area contributed by atoms with Crippen LogP contribution in [-0.2, 0) is 0 Å². The predicted molar refractivity (Wildman–Crippen MR) is 82.1 cm³/mol. The predicted octanol–water partition coefficient (Wildman–Crippen LogP) is 5.04. The van der Waals surface area contributed by atoms with Crippen molar-refractivity contribution in [2.45, 2.75) is 12.5 Å². The Morgan fingerprint density at radius 3 is 2.89 bits per heavy atom. The van der Waals surface area contributed by atoms with E-state index in [0.29, 0.717) is 0 Å². The molecule has 1 unspecified atom stereocenters. The van der Waals surface area contributed by atoms with Crippen LogP contribution in [-0.4, -0.2) is 6.61 Å². The molecule has 1 aliphatic rings. The summed E-state index contributed by atoms with van der Waals surface area (Å²) in [7, 11) is 0. The summed E-state index contributed by atoms with van der Waals surface area (Å²) in [6.45, 7) is 0.719. The lowest BCUT2D eigenvalue weighted by atomic mass is 10.0.